The minimum atomic E-state index is 0.559. The maximum atomic E-state index is 6.84. The molecule has 0 amide bonds. The zero-order chi connectivity index (χ0) is 38.6. The van der Waals surface area contributed by atoms with Crippen LogP contribution in [0.2, 0.25) is 0 Å². The fraction of sp³-hybridized carbons (Fsp3) is 0. The predicted octanol–water partition coefficient (Wildman–Crippen LogP) is 14.1. The van der Waals surface area contributed by atoms with Crippen LogP contribution >= 0.6 is 0 Å². The number of benzene rings is 9. The molecule has 274 valence electrons. The van der Waals surface area contributed by atoms with Crippen LogP contribution in [0.15, 0.2) is 191 Å². The number of nitrogens with zero attached hydrogens (tertiary/aromatic N) is 4. The summed E-state index contributed by atoms with van der Waals surface area (Å²) in [6, 6.07) is 63.3. The van der Waals surface area contributed by atoms with E-state index in [1.807, 2.05) is 66.7 Å². The van der Waals surface area contributed by atoms with Crippen molar-refractivity contribution < 1.29 is 8.83 Å². The monoisotopic (exact) mass is 754 g/mol. The van der Waals surface area contributed by atoms with E-state index in [0.29, 0.717) is 17.5 Å². The molecular formula is C53H30N4O2. The Kier molecular flexibility index (Phi) is 6.63. The van der Waals surface area contributed by atoms with Gasteiger partial charge in [-0.3, -0.25) is 0 Å². The first-order valence-electron chi connectivity index (χ1n) is 19.8. The molecular weight excluding hydrogens is 725 g/mol. The van der Waals surface area contributed by atoms with E-state index in [4.69, 9.17) is 23.8 Å². The van der Waals surface area contributed by atoms with Crippen LogP contribution in [0, 0.1) is 0 Å². The van der Waals surface area contributed by atoms with E-state index in [-0.39, 0.29) is 0 Å². The molecule has 0 radical (unpaired) electrons. The van der Waals surface area contributed by atoms with Gasteiger partial charge in [-0.15, -0.1) is 0 Å². The molecule has 9 aromatic carbocycles. The number of para-hydroxylation sites is 2. The summed E-state index contributed by atoms with van der Waals surface area (Å²) in [6.45, 7) is 0. The molecule has 13 aromatic rings. The van der Waals surface area contributed by atoms with Gasteiger partial charge in [0.05, 0.1) is 16.7 Å². The van der Waals surface area contributed by atoms with Gasteiger partial charge in [-0.1, -0.05) is 133 Å². The van der Waals surface area contributed by atoms with Gasteiger partial charge in [0, 0.05) is 49.0 Å². The van der Waals surface area contributed by atoms with E-state index in [1.165, 1.54) is 32.3 Å². The van der Waals surface area contributed by atoms with Crippen molar-refractivity contribution in [3.63, 3.8) is 0 Å². The summed E-state index contributed by atoms with van der Waals surface area (Å²) in [5, 5.41) is 11.4. The van der Waals surface area contributed by atoms with E-state index in [0.717, 1.165) is 77.3 Å². The second-order valence-corrected chi connectivity index (χ2v) is 15.1. The summed E-state index contributed by atoms with van der Waals surface area (Å²) in [7, 11) is 0. The summed E-state index contributed by atoms with van der Waals surface area (Å²) < 4.78 is 15.5. The van der Waals surface area contributed by atoms with Crippen LogP contribution in [0.5, 0.6) is 0 Å². The van der Waals surface area contributed by atoms with Crippen LogP contribution in [0.4, 0.5) is 0 Å². The van der Waals surface area contributed by atoms with Crippen LogP contribution in [-0.4, -0.2) is 19.5 Å². The molecule has 0 spiro atoms. The Morgan fingerprint density at radius 3 is 1.54 bits per heavy atom. The topological polar surface area (TPSA) is 69.9 Å². The second-order valence-electron chi connectivity index (χ2n) is 15.1. The molecule has 6 heteroatoms. The molecule has 13 rings (SSSR count). The normalized spacial score (nSPS) is 12.1. The number of aromatic nitrogens is 4. The van der Waals surface area contributed by atoms with Crippen LogP contribution in [0.25, 0.3) is 127 Å². The molecule has 59 heavy (non-hydrogen) atoms. The molecule has 0 atom stereocenters. The zero-order valence-electron chi connectivity index (χ0n) is 31.4. The van der Waals surface area contributed by atoms with Crippen LogP contribution in [0.3, 0.4) is 0 Å². The highest BCUT2D eigenvalue weighted by molar-refractivity contribution is 6.29. The van der Waals surface area contributed by atoms with Crippen LogP contribution in [-0.2, 0) is 0 Å². The molecule has 0 aliphatic carbocycles. The Bertz CT molecular complexity index is 3760. The first-order chi connectivity index (χ1) is 29.2. The average Bonchev–Trinajstić information content (AvgIpc) is 3.98. The fourth-order valence-corrected chi connectivity index (χ4v) is 9.13. The fourth-order valence-electron chi connectivity index (χ4n) is 9.13. The van der Waals surface area contributed by atoms with E-state index in [1.54, 1.807) is 0 Å². The Morgan fingerprint density at radius 2 is 0.864 bits per heavy atom. The van der Waals surface area contributed by atoms with E-state index in [2.05, 4.69) is 120 Å². The highest BCUT2D eigenvalue weighted by Crippen LogP contribution is 2.44. The third-order valence-electron chi connectivity index (χ3n) is 11.8. The average molecular weight is 755 g/mol. The standard InChI is InChI=1S/C53H30N4O2/c1-2-14-33(15-3-1)51-54-52(34-22-25-40-38-18-8-10-20-45(38)58-47(40)30-34)56-53(55-51)35-28-41-39-19-9-11-21-46(39)59-50(41)44(29-35)57-42-26-23-31-12-4-6-16-36(31)48(42)49-37-17-7-5-13-32(37)24-27-43(49)57/h1-30H. The van der Waals surface area contributed by atoms with Gasteiger partial charge >= 0.3 is 0 Å². The van der Waals surface area contributed by atoms with Crippen molar-refractivity contribution >= 4 is 87.2 Å². The van der Waals surface area contributed by atoms with Gasteiger partial charge in [-0.05, 0) is 70.1 Å². The molecule has 0 unspecified atom stereocenters. The Hall–Kier alpha value is -8.09. The van der Waals surface area contributed by atoms with Gasteiger partial charge in [0.25, 0.3) is 0 Å². The predicted molar refractivity (Wildman–Crippen MR) is 240 cm³/mol. The first-order valence-corrected chi connectivity index (χ1v) is 19.8. The molecule has 0 bridgehead atoms. The minimum Gasteiger partial charge on any atom is -0.456 e. The Balaban J connectivity index is 1.13. The SMILES string of the molecule is c1ccc(-c2nc(-c3ccc4c(c3)oc3ccccc34)nc(-c3cc(-n4c5ccc6ccccc6c5c5c6ccccc6ccc54)c4oc5ccccc5c4c3)n2)cc1. The molecule has 0 aliphatic rings. The van der Waals surface area contributed by atoms with E-state index in [9.17, 15) is 0 Å². The lowest BCUT2D eigenvalue weighted by Gasteiger charge is -2.13. The summed E-state index contributed by atoms with van der Waals surface area (Å²) in [5.41, 5.74) is 8.93. The van der Waals surface area contributed by atoms with Crippen LogP contribution in [0.1, 0.15) is 0 Å². The lowest BCUT2D eigenvalue weighted by molar-refractivity contribution is 0.666. The molecule has 0 saturated heterocycles. The maximum absolute atomic E-state index is 6.84. The summed E-state index contributed by atoms with van der Waals surface area (Å²) >= 11 is 0. The highest BCUT2D eigenvalue weighted by Gasteiger charge is 2.23. The van der Waals surface area contributed by atoms with Crippen molar-refractivity contribution in [1.82, 2.24) is 19.5 Å². The van der Waals surface area contributed by atoms with Gasteiger partial charge in [0.15, 0.2) is 23.1 Å². The molecule has 4 heterocycles. The Labute approximate surface area is 336 Å². The lowest BCUT2D eigenvalue weighted by atomic mass is 10.00. The number of furan rings is 2. The van der Waals surface area contributed by atoms with Crippen molar-refractivity contribution in [2.24, 2.45) is 0 Å². The number of rotatable bonds is 4. The summed E-state index contributed by atoms with van der Waals surface area (Å²) in [4.78, 5) is 15.6. The van der Waals surface area contributed by atoms with Crippen molar-refractivity contribution in [3.8, 4) is 39.9 Å². The molecule has 4 aromatic heterocycles. The summed E-state index contributed by atoms with van der Waals surface area (Å²) in [5.74, 6) is 1.71. The van der Waals surface area contributed by atoms with Crippen molar-refractivity contribution in [2.75, 3.05) is 0 Å². The molecule has 0 saturated carbocycles. The third kappa shape index (κ3) is 4.77. The lowest BCUT2D eigenvalue weighted by Crippen LogP contribution is -2.01. The van der Waals surface area contributed by atoms with Crippen LogP contribution < -0.4 is 0 Å². The molecule has 6 nitrogen and oxygen atoms in total. The van der Waals surface area contributed by atoms with Crippen molar-refractivity contribution in [3.05, 3.63) is 182 Å². The van der Waals surface area contributed by atoms with E-state index < -0.39 is 0 Å². The van der Waals surface area contributed by atoms with Crippen molar-refractivity contribution in [2.45, 2.75) is 0 Å². The van der Waals surface area contributed by atoms with Gasteiger partial charge in [-0.25, -0.2) is 15.0 Å². The molecule has 0 fully saturated rings. The van der Waals surface area contributed by atoms with Gasteiger partial charge in [0.2, 0.25) is 0 Å². The maximum Gasteiger partial charge on any atom is 0.164 e. The molecule has 0 N–H and O–H groups in total. The Morgan fingerprint density at radius 1 is 0.339 bits per heavy atom. The highest BCUT2D eigenvalue weighted by atomic mass is 16.3. The summed E-state index contributed by atoms with van der Waals surface area (Å²) in [6.07, 6.45) is 0. The van der Waals surface area contributed by atoms with Crippen molar-refractivity contribution in [1.29, 1.82) is 0 Å². The first kappa shape index (κ1) is 32.0. The third-order valence-corrected chi connectivity index (χ3v) is 11.8. The number of hydrogen-bond acceptors (Lipinski definition) is 5. The van der Waals surface area contributed by atoms with Gasteiger partial charge in [-0.2, -0.15) is 0 Å². The smallest absolute Gasteiger partial charge is 0.164 e. The molecule has 0 aliphatic heterocycles. The largest absolute Gasteiger partial charge is 0.456 e. The number of hydrogen-bond donors (Lipinski definition) is 0. The second kappa shape index (κ2) is 12.2. The quantitative estimate of drug-likeness (QED) is 0.179. The van der Waals surface area contributed by atoms with Gasteiger partial charge < -0.3 is 13.4 Å². The van der Waals surface area contributed by atoms with Gasteiger partial charge in [0.1, 0.15) is 16.7 Å². The number of fused-ring (bicyclic) bond motifs is 13. The van der Waals surface area contributed by atoms with E-state index >= 15 is 0 Å². The zero-order valence-corrected chi connectivity index (χ0v) is 31.4. The minimum absolute atomic E-state index is 0.559.